The van der Waals surface area contributed by atoms with E-state index in [2.05, 4.69) is 9.80 Å². The predicted octanol–water partition coefficient (Wildman–Crippen LogP) is 0.273. The van der Waals surface area contributed by atoms with Crippen molar-refractivity contribution < 1.29 is 9.84 Å². The average molecular weight is 285 g/mol. The molecular weight excluding hydrogens is 254 g/mol. The van der Waals surface area contributed by atoms with Gasteiger partial charge in [-0.05, 0) is 39.3 Å². The number of nitrogens with zero attached hydrogens (tertiary/aromatic N) is 2. The van der Waals surface area contributed by atoms with Crippen LogP contribution in [0.4, 0.5) is 0 Å². The second kappa shape index (κ2) is 7.71. The molecule has 0 aliphatic carbocycles. The fourth-order valence-electron chi connectivity index (χ4n) is 3.20. The second-order valence-electron chi connectivity index (χ2n) is 6.66. The maximum absolute atomic E-state index is 9.13. The van der Waals surface area contributed by atoms with Gasteiger partial charge in [0.25, 0.3) is 0 Å². The Kier molecular flexibility index (Phi) is 6.23. The van der Waals surface area contributed by atoms with Crippen LogP contribution in [0.25, 0.3) is 0 Å². The maximum Gasteiger partial charge on any atom is 0.0608 e. The molecule has 0 aromatic carbocycles. The number of likely N-dealkylation sites (tertiary alicyclic amines) is 1. The van der Waals surface area contributed by atoms with Crippen molar-refractivity contribution in [3.8, 4) is 0 Å². The van der Waals surface area contributed by atoms with Gasteiger partial charge in [0.2, 0.25) is 0 Å². The molecule has 2 aliphatic heterocycles. The molecule has 0 spiro atoms. The number of aliphatic hydroxyl groups excluding tert-OH is 1. The van der Waals surface area contributed by atoms with Crippen LogP contribution in [0.2, 0.25) is 0 Å². The van der Waals surface area contributed by atoms with E-state index in [0.717, 1.165) is 45.2 Å². The summed E-state index contributed by atoms with van der Waals surface area (Å²) in [5, 5.41) is 9.13. The van der Waals surface area contributed by atoms with Crippen LogP contribution >= 0.6 is 0 Å². The number of rotatable bonds is 7. The van der Waals surface area contributed by atoms with Gasteiger partial charge >= 0.3 is 0 Å². The zero-order chi connectivity index (χ0) is 14.4. The first-order chi connectivity index (χ1) is 9.61. The highest BCUT2D eigenvalue weighted by Crippen LogP contribution is 2.18. The molecule has 2 unspecified atom stereocenters. The molecule has 0 radical (unpaired) electrons. The van der Waals surface area contributed by atoms with Gasteiger partial charge in [0.15, 0.2) is 0 Å². The fraction of sp³-hybridized carbons (Fsp3) is 1.00. The average Bonchev–Trinajstić information content (AvgIpc) is 2.93. The quantitative estimate of drug-likeness (QED) is 0.658. The van der Waals surface area contributed by atoms with Gasteiger partial charge in [-0.15, -0.1) is 0 Å². The lowest BCUT2D eigenvalue weighted by Crippen LogP contribution is -2.44. The van der Waals surface area contributed by atoms with Gasteiger partial charge in [-0.1, -0.05) is 6.42 Å². The smallest absolute Gasteiger partial charge is 0.0608 e. The Bertz CT molecular complexity index is 280. The van der Waals surface area contributed by atoms with E-state index in [1.807, 2.05) is 6.92 Å². The number of morpholine rings is 1. The zero-order valence-corrected chi connectivity index (χ0v) is 12.9. The second-order valence-corrected chi connectivity index (χ2v) is 6.66. The van der Waals surface area contributed by atoms with Gasteiger partial charge in [-0.3, -0.25) is 4.90 Å². The lowest BCUT2D eigenvalue weighted by Gasteiger charge is -2.32. The van der Waals surface area contributed by atoms with Crippen molar-refractivity contribution in [2.45, 2.75) is 44.2 Å². The molecule has 20 heavy (non-hydrogen) atoms. The molecule has 0 aromatic heterocycles. The molecule has 5 nitrogen and oxygen atoms in total. The largest absolute Gasteiger partial charge is 0.394 e. The van der Waals surface area contributed by atoms with Crippen LogP contribution in [0.15, 0.2) is 0 Å². The zero-order valence-electron chi connectivity index (χ0n) is 12.9. The molecule has 2 atom stereocenters. The highest BCUT2D eigenvalue weighted by atomic mass is 16.5. The summed E-state index contributed by atoms with van der Waals surface area (Å²) in [5.41, 5.74) is 5.55. The minimum Gasteiger partial charge on any atom is -0.394 e. The highest BCUT2D eigenvalue weighted by Gasteiger charge is 2.28. The molecule has 3 N–H and O–H groups in total. The summed E-state index contributed by atoms with van der Waals surface area (Å²) >= 11 is 0. The Morgan fingerprint density at radius 3 is 2.70 bits per heavy atom. The van der Waals surface area contributed by atoms with Gasteiger partial charge in [0, 0.05) is 31.2 Å². The van der Waals surface area contributed by atoms with E-state index in [9.17, 15) is 0 Å². The predicted molar refractivity (Wildman–Crippen MR) is 80.8 cm³/mol. The third-order valence-corrected chi connectivity index (χ3v) is 4.64. The molecule has 2 heterocycles. The van der Waals surface area contributed by atoms with Gasteiger partial charge < -0.3 is 20.5 Å². The maximum atomic E-state index is 9.13. The monoisotopic (exact) mass is 285 g/mol. The van der Waals surface area contributed by atoms with Gasteiger partial charge in [0.05, 0.1) is 19.8 Å². The normalized spacial score (nSPS) is 28.6. The Morgan fingerprint density at radius 2 is 2.00 bits per heavy atom. The van der Waals surface area contributed by atoms with Gasteiger partial charge in [0.1, 0.15) is 0 Å². The minimum atomic E-state index is -0.401. The Hall–Kier alpha value is -0.200. The number of ether oxygens (including phenoxy) is 1. The van der Waals surface area contributed by atoms with Crippen molar-refractivity contribution in [2.75, 3.05) is 52.5 Å². The molecule has 0 amide bonds. The molecule has 118 valence electrons. The number of aliphatic hydroxyl groups is 1. The topological polar surface area (TPSA) is 62.0 Å². The number of nitrogens with two attached hydrogens (primary N) is 1. The molecule has 0 bridgehead atoms. The lowest BCUT2D eigenvalue weighted by atomic mass is 9.97. The molecule has 5 heteroatoms. The Labute approximate surface area is 123 Å². The summed E-state index contributed by atoms with van der Waals surface area (Å²) < 4.78 is 5.42. The molecule has 2 saturated heterocycles. The van der Waals surface area contributed by atoms with Crippen molar-refractivity contribution in [3.05, 3.63) is 0 Å². The number of unbranched alkanes of at least 4 members (excludes halogenated alkanes) is 1. The Balaban J connectivity index is 1.59. The third kappa shape index (κ3) is 4.97. The van der Waals surface area contributed by atoms with Crippen LogP contribution in [-0.2, 0) is 4.74 Å². The van der Waals surface area contributed by atoms with Crippen LogP contribution in [0.1, 0.15) is 32.6 Å². The van der Waals surface area contributed by atoms with Crippen molar-refractivity contribution in [3.63, 3.8) is 0 Å². The van der Waals surface area contributed by atoms with E-state index in [1.165, 1.54) is 32.5 Å². The van der Waals surface area contributed by atoms with Gasteiger partial charge in [-0.2, -0.15) is 0 Å². The molecule has 2 aliphatic rings. The van der Waals surface area contributed by atoms with E-state index >= 15 is 0 Å². The molecule has 2 fully saturated rings. The van der Waals surface area contributed by atoms with Crippen molar-refractivity contribution in [1.29, 1.82) is 0 Å². The lowest BCUT2D eigenvalue weighted by molar-refractivity contribution is 0.0185. The van der Waals surface area contributed by atoms with E-state index in [0.29, 0.717) is 0 Å². The standard InChI is InChI=1S/C15H31N3O2/c1-15(16,13-19)5-2-3-6-17-7-4-14(12-17)18-8-10-20-11-9-18/h14,19H,2-13,16H2,1H3. The summed E-state index contributed by atoms with van der Waals surface area (Å²) in [4.78, 5) is 5.17. The third-order valence-electron chi connectivity index (χ3n) is 4.64. The first kappa shape index (κ1) is 16.2. The first-order valence-corrected chi connectivity index (χ1v) is 8.05. The van der Waals surface area contributed by atoms with Crippen molar-refractivity contribution >= 4 is 0 Å². The molecule has 0 saturated carbocycles. The van der Waals surface area contributed by atoms with Crippen LogP contribution in [0, 0.1) is 0 Å². The van der Waals surface area contributed by atoms with Crippen LogP contribution in [0.5, 0.6) is 0 Å². The summed E-state index contributed by atoms with van der Waals surface area (Å²) in [6, 6.07) is 0.733. The van der Waals surface area contributed by atoms with E-state index in [1.54, 1.807) is 0 Å². The van der Waals surface area contributed by atoms with Crippen molar-refractivity contribution in [2.24, 2.45) is 5.73 Å². The highest BCUT2D eigenvalue weighted by molar-refractivity contribution is 4.84. The van der Waals surface area contributed by atoms with E-state index < -0.39 is 5.54 Å². The Morgan fingerprint density at radius 1 is 1.25 bits per heavy atom. The summed E-state index contributed by atoms with van der Waals surface area (Å²) in [5.74, 6) is 0. The van der Waals surface area contributed by atoms with Crippen LogP contribution in [-0.4, -0.2) is 79.0 Å². The van der Waals surface area contributed by atoms with E-state index in [-0.39, 0.29) is 6.61 Å². The summed E-state index contributed by atoms with van der Waals surface area (Å²) in [7, 11) is 0. The molecule has 2 rings (SSSR count). The van der Waals surface area contributed by atoms with E-state index in [4.69, 9.17) is 15.6 Å². The number of hydrogen-bond donors (Lipinski definition) is 2. The van der Waals surface area contributed by atoms with Crippen LogP contribution in [0.3, 0.4) is 0 Å². The first-order valence-electron chi connectivity index (χ1n) is 8.05. The van der Waals surface area contributed by atoms with Crippen molar-refractivity contribution in [1.82, 2.24) is 9.80 Å². The molecular formula is C15H31N3O2. The summed E-state index contributed by atoms with van der Waals surface area (Å²) in [6.07, 6.45) is 4.49. The molecule has 0 aromatic rings. The summed E-state index contributed by atoms with van der Waals surface area (Å²) in [6.45, 7) is 9.60. The minimum absolute atomic E-state index is 0.0792. The number of hydrogen-bond acceptors (Lipinski definition) is 5. The fourth-order valence-corrected chi connectivity index (χ4v) is 3.20. The van der Waals surface area contributed by atoms with Gasteiger partial charge in [-0.25, -0.2) is 0 Å². The van der Waals surface area contributed by atoms with Crippen LogP contribution < -0.4 is 5.73 Å². The SMILES string of the molecule is CC(N)(CO)CCCCN1CCC(N2CCOCC2)C1.